The molecule has 0 aliphatic heterocycles. The fourth-order valence-electron chi connectivity index (χ4n) is 2.09. The van der Waals surface area contributed by atoms with Gasteiger partial charge in [-0.25, -0.2) is 0 Å². The maximum atomic E-state index is 11.0. The molecule has 2 aromatic carbocycles. The monoisotopic (exact) mass is 263 g/mol. The van der Waals surface area contributed by atoms with E-state index in [0.29, 0.717) is 5.02 Å². The average Bonchev–Trinajstić information content (AvgIpc) is 2.35. The summed E-state index contributed by atoms with van der Waals surface area (Å²) in [6.45, 7) is 1.80. The van der Waals surface area contributed by atoms with Gasteiger partial charge in [0.05, 0.1) is 0 Å². The molecule has 4 heteroatoms. The molecule has 0 spiro atoms. The van der Waals surface area contributed by atoms with Gasteiger partial charge in [0.2, 0.25) is 0 Å². The molecule has 94 valence electrons. The summed E-state index contributed by atoms with van der Waals surface area (Å²) in [5.41, 5.74) is 6.56. The van der Waals surface area contributed by atoms with Crippen molar-refractivity contribution in [1.29, 1.82) is 0 Å². The van der Waals surface area contributed by atoms with E-state index in [0.717, 1.165) is 16.3 Å². The predicted octanol–water partition coefficient (Wildman–Crippen LogP) is 3.01. The first-order chi connectivity index (χ1) is 8.50. The third-order valence-corrected chi connectivity index (χ3v) is 3.39. The molecule has 0 saturated heterocycles. The Labute approximate surface area is 110 Å². The van der Waals surface area contributed by atoms with Crippen LogP contribution in [0.2, 0.25) is 5.02 Å². The molecule has 0 aliphatic rings. The molecule has 0 amide bonds. The minimum absolute atomic E-state index is 0.300. The van der Waals surface area contributed by atoms with Crippen LogP contribution in [0.3, 0.4) is 0 Å². The van der Waals surface area contributed by atoms with Crippen molar-refractivity contribution in [2.24, 2.45) is 5.73 Å². The molecule has 0 unspecified atom stereocenters. The average molecular weight is 264 g/mol. The van der Waals surface area contributed by atoms with Gasteiger partial charge in [-0.05, 0) is 28.5 Å². The predicted molar refractivity (Wildman–Crippen MR) is 73.0 cm³/mol. The van der Waals surface area contributed by atoms with Crippen LogP contribution >= 0.6 is 11.6 Å². The highest BCUT2D eigenvalue weighted by atomic mass is 35.5. The van der Waals surface area contributed by atoms with Gasteiger partial charge in [0, 0.05) is 10.9 Å². The zero-order valence-corrected chi connectivity index (χ0v) is 10.7. The number of carbonyl (C=O) groups is 1. The van der Waals surface area contributed by atoms with Crippen LogP contribution in [0.25, 0.3) is 10.8 Å². The van der Waals surface area contributed by atoms with Crippen molar-refractivity contribution in [3.63, 3.8) is 0 Å². The summed E-state index contributed by atoms with van der Waals surface area (Å²) in [5, 5.41) is 11.6. The third kappa shape index (κ3) is 2.33. The number of carboxylic acids is 1. The number of halogens is 1. The van der Waals surface area contributed by atoms with E-state index < -0.39 is 12.0 Å². The van der Waals surface area contributed by atoms with Crippen LogP contribution < -0.4 is 5.73 Å². The van der Waals surface area contributed by atoms with Crippen LogP contribution in [0, 0.1) is 0 Å². The summed E-state index contributed by atoms with van der Waals surface area (Å²) >= 11 is 6.06. The highest BCUT2D eigenvalue weighted by Gasteiger charge is 2.23. The fraction of sp³-hybridized carbons (Fsp3) is 0.214. The first-order valence-corrected chi connectivity index (χ1v) is 6.05. The Morgan fingerprint density at radius 2 is 2.00 bits per heavy atom. The lowest BCUT2D eigenvalue weighted by molar-refractivity contribution is -0.138. The molecule has 2 rings (SSSR count). The van der Waals surface area contributed by atoms with Gasteiger partial charge in [0.25, 0.3) is 0 Å². The van der Waals surface area contributed by atoms with E-state index in [2.05, 4.69) is 0 Å². The van der Waals surface area contributed by atoms with Crippen molar-refractivity contribution in [1.82, 2.24) is 0 Å². The molecular formula is C14H14ClNO2. The van der Waals surface area contributed by atoms with Gasteiger partial charge in [-0.2, -0.15) is 0 Å². The van der Waals surface area contributed by atoms with Gasteiger partial charge >= 0.3 is 5.97 Å². The van der Waals surface area contributed by atoms with E-state index in [1.54, 1.807) is 13.0 Å². The second-order valence-electron chi connectivity index (χ2n) is 4.37. The van der Waals surface area contributed by atoms with Crippen LogP contribution in [-0.4, -0.2) is 17.1 Å². The maximum absolute atomic E-state index is 11.0. The second-order valence-corrected chi connectivity index (χ2v) is 4.81. The number of carboxylic acid groups (broad SMARTS) is 1. The lowest BCUT2D eigenvalue weighted by Crippen LogP contribution is -2.35. The molecule has 0 bridgehead atoms. The number of hydrogen-bond donors (Lipinski definition) is 2. The Balaban J connectivity index is 2.59. The van der Waals surface area contributed by atoms with Gasteiger partial charge in [-0.15, -0.1) is 0 Å². The van der Waals surface area contributed by atoms with Crippen LogP contribution in [0.4, 0.5) is 0 Å². The number of rotatable bonds is 3. The lowest BCUT2D eigenvalue weighted by atomic mass is 9.90. The Morgan fingerprint density at radius 1 is 1.33 bits per heavy atom. The van der Waals surface area contributed by atoms with Gasteiger partial charge in [-0.1, -0.05) is 42.8 Å². The Bertz CT molecular complexity index is 597. The normalized spacial score (nSPS) is 14.4. The molecule has 2 atom stereocenters. The molecule has 3 nitrogen and oxygen atoms in total. The molecule has 3 N–H and O–H groups in total. The van der Waals surface area contributed by atoms with E-state index in [4.69, 9.17) is 22.4 Å². The zero-order valence-electron chi connectivity index (χ0n) is 9.93. The Morgan fingerprint density at radius 3 is 2.67 bits per heavy atom. The molecule has 0 aliphatic carbocycles. The quantitative estimate of drug-likeness (QED) is 0.895. The molecule has 0 radical (unpaired) electrons. The molecule has 2 aromatic rings. The Kier molecular flexibility index (Phi) is 3.55. The topological polar surface area (TPSA) is 63.3 Å². The molecule has 0 saturated carbocycles. The molecule has 0 heterocycles. The number of fused-ring (bicyclic) bond motifs is 1. The number of aliphatic carboxylic acids is 1. The van der Waals surface area contributed by atoms with Gasteiger partial charge in [0.1, 0.15) is 6.04 Å². The van der Waals surface area contributed by atoms with Crippen molar-refractivity contribution in [3.05, 3.63) is 47.0 Å². The maximum Gasteiger partial charge on any atom is 0.321 e. The summed E-state index contributed by atoms with van der Waals surface area (Å²) < 4.78 is 0. The minimum atomic E-state index is -1.01. The highest BCUT2D eigenvalue weighted by Crippen LogP contribution is 2.30. The molecule has 0 fully saturated rings. The van der Waals surface area contributed by atoms with E-state index >= 15 is 0 Å². The zero-order chi connectivity index (χ0) is 13.3. The van der Waals surface area contributed by atoms with E-state index in [9.17, 15) is 4.79 Å². The van der Waals surface area contributed by atoms with Crippen LogP contribution in [-0.2, 0) is 4.79 Å². The summed E-state index contributed by atoms with van der Waals surface area (Å²) in [6, 6.07) is 10.4. The van der Waals surface area contributed by atoms with E-state index in [-0.39, 0.29) is 5.92 Å². The summed E-state index contributed by atoms with van der Waals surface area (Å²) in [4.78, 5) is 11.0. The van der Waals surface area contributed by atoms with Crippen LogP contribution in [0.1, 0.15) is 18.4 Å². The summed E-state index contributed by atoms with van der Waals surface area (Å²) in [5.74, 6) is -1.31. The number of hydrogen-bond acceptors (Lipinski definition) is 2. The smallest absolute Gasteiger partial charge is 0.321 e. The van der Waals surface area contributed by atoms with Crippen molar-refractivity contribution in [3.8, 4) is 0 Å². The van der Waals surface area contributed by atoms with Crippen LogP contribution in [0.5, 0.6) is 0 Å². The SMILES string of the molecule is C[C@@H](c1cc(Cl)cc2ccccc12)[C@H](N)C(=O)O. The van der Waals surface area contributed by atoms with Crippen molar-refractivity contribution in [2.45, 2.75) is 18.9 Å². The van der Waals surface area contributed by atoms with Crippen molar-refractivity contribution >= 4 is 28.3 Å². The van der Waals surface area contributed by atoms with Gasteiger partial charge < -0.3 is 10.8 Å². The standard InChI is InChI=1S/C14H14ClNO2/c1-8(13(16)14(17)18)12-7-10(15)6-9-4-2-3-5-11(9)12/h2-8,13H,16H2,1H3,(H,17,18)/t8-,13-/m0/s1. The highest BCUT2D eigenvalue weighted by molar-refractivity contribution is 6.31. The fourth-order valence-corrected chi connectivity index (χ4v) is 2.32. The van der Waals surface area contributed by atoms with Gasteiger partial charge in [-0.3, -0.25) is 4.79 Å². The van der Waals surface area contributed by atoms with Crippen molar-refractivity contribution in [2.75, 3.05) is 0 Å². The molecule has 0 aromatic heterocycles. The second kappa shape index (κ2) is 4.96. The Hall–Kier alpha value is -1.58. The summed E-state index contributed by atoms with van der Waals surface area (Å²) in [6.07, 6.45) is 0. The number of nitrogens with two attached hydrogens (primary N) is 1. The lowest BCUT2D eigenvalue weighted by Gasteiger charge is -2.18. The largest absolute Gasteiger partial charge is 0.480 e. The van der Waals surface area contributed by atoms with E-state index in [1.165, 1.54) is 0 Å². The third-order valence-electron chi connectivity index (χ3n) is 3.17. The molecule has 18 heavy (non-hydrogen) atoms. The van der Waals surface area contributed by atoms with Gasteiger partial charge in [0.15, 0.2) is 0 Å². The minimum Gasteiger partial charge on any atom is -0.480 e. The first kappa shape index (κ1) is 12.9. The first-order valence-electron chi connectivity index (χ1n) is 5.67. The van der Waals surface area contributed by atoms with E-state index in [1.807, 2.05) is 30.3 Å². The van der Waals surface area contributed by atoms with Crippen LogP contribution in [0.15, 0.2) is 36.4 Å². The number of benzene rings is 2. The summed E-state index contributed by atoms with van der Waals surface area (Å²) in [7, 11) is 0. The molecular weight excluding hydrogens is 250 g/mol. The van der Waals surface area contributed by atoms with Crippen molar-refractivity contribution < 1.29 is 9.90 Å².